The topological polar surface area (TPSA) is 64.3 Å². The molecule has 0 saturated heterocycles. The van der Waals surface area contributed by atoms with Crippen LogP contribution in [0.15, 0.2) is 0 Å². The number of carbonyl (C=O) groups excluding carboxylic acids is 1. The zero-order valence-corrected chi connectivity index (χ0v) is 10.4. The number of carbonyl (C=O) groups is 1. The second kappa shape index (κ2) is 6.21. The fourth-order valence-corrected chi connectivity index (χ4v) is 1.66. The molecule has 4 nitrogen and oxygen atoms in total. The summed E-state index contributed by atoms with van der Waals surface area (Å²) in [4.78, 5) is 11.2. The van der Waals surface area contributed by atoms with E-state index in [0.29, 0.717) is 0 Å². The van der Waals surface area contributed by atoms with Gasteiger partial charge >= 0.3 is 0 Å². The number of hydrogen-bond donors (Lipinski definition) is 2. The maximum absolute atomic E-state index is 11.2. The second-order valence-corrected chi connectivity index (χ2v) is 4.89. The van der Waals surface area contributed by atoms with Gasteiger partial charge in [-0.2, -0.15) is 0 Å². The van der Waals surface area contributed by atoms with Gasteiger partial charge in [-0.05, 0) is 39.2 Å². The van der Waals surface area contributed by atoms with Crippen LogP contribution in [0.2, 0.25) is 0 Å². The Bertz CT molecular complexity index is 229. The van der Waals surface area contributed by atoms with E-state index in [0.717, 1.165) is 32.0 Å². The molecule has 0 aliphatic heterocycles. The van der Waals surface area contributed by atoms with E-state index in [1.54, 1.807) is 7.05 Å². The van der Waals surface area contributed by atoms with Gasteiger partial charge in [0.05, 0.1) is 5.54 Å². The molecule has 1 unspecified atom stereocenters. The standard InChI is InChI=1S/C12H24N2O2/c1-12(14-2,11(13)15)7-3-8-16-9-6-10-4-5-10/h10,14H,3-9H2,1-2H3,(H2,13,15). The molecule has 1 saturated carbocycles. The molecular weight excluding hydrogens is 204 g/mol. The second-order valence-electron chi connectivity index (χ2n) is 4.89. The minimum absolute atomic E-state index is 0.298. The number of rotatable bonds is 9. The highest BCUT2D eigenvalue weighted by molar-refractivity contribution is 5.84. The minimum atomic E-state index is -0.597. The number of likely N-dealkylation sites (N-methyl/N-ethyl adjacent to an activating group) is 1. The van der Waals surface area contributed by atoms with Crippen LogP contribution >= 0.6 is 0 Å². The summed E-state index contributed by atoms with van der Waals surface area (Å²) >= 11 is 0. The summed E-state index contributed by atoms with van der Waals surface area (Å²) in [5.74, 6) is 0.626. The van der Waals surface area contributed by atoms with Crippen molar-refractivity contribution in [1.29, 1.82) is 0 Å². The molecule has 0 heterocycles. The third-order valence-electron chi connectivity index (χ3n) is 3.43. The molecule has 1 amide bonds. The lowest BCUT2D eigenvalue weighted by Crippen LogP contribution is -2.51. The van der Waals surface area contributed by atoms with Crippen LogP contribution in [0.1, 0.15) is 39.0 Å². The minimum Gasteiger partial charge on any atom is -0.381 e. The molecule has 0 bridgehead atoms. The van der Waals surface area contributed by atoms with Crippen molar-refractivity contribution in [2.24, 2.45) is 11.7 Å². The Labute approximate surface area is 97.9 Å². The van der Waals surface area contributed by atoms with E-state index >= 15 is 0 Å². The zero-order valence-electron chi connectivity index (χ0n) is 10.4. The molecule has 1 fully saturated rings. The predicted molar refractivity (Wildman–Crippen MR) is 64.1 cm³/mol. The van der Waals surface area contributed by atoms with Gasteiger partial charge in [-0.3, -0.25) is 4.79 Å². The molecule has 94 valence electrons. The Balaban J connectivity index is 2.01. The molecular formula is C12H24N2O2. The summed E-state index contributed by atoms with van der Waals surface area (Å²) < 4.78 is 5.52. The van der Waals surface area contributed by atoms with Crippen molar-refractivity contribution < 1.29 is 9.53 Å². The van der Waals surface area contributed by atoms with Gasteiger partial charge in [0, 0.05) is 13.2 Å². The molecule has 3 N–H and O–H groups in total. The molecule has 1 aliphatic carbocycles. The highest BCUT2D eigenvalue weighted by Gasteiger charge is 2.28. The van der Waals surface area contributed by atoms with Gasteiger partial charge < -0.3 is 15.8 Å². The SMILES string of the molecule is CNC(C)(CCCOCCC1CC1)C(N)=O. The maximum atomic E-state index is 11.2. The summed E-state index contributed by atoms with van der Waals surface area (Å²) in [7, 11) is 1.76. The van der Waals surface area contributed by atoms with E-state index in [4.69, 9.17) is 10.5 Å². The van der Waals surface area contributed by atoms with Crippen molar-refractivity contribution >= 4 is 5.91 Å². The van der Waals surface area contributed by atoms with Crippen LogP contribution in [-0.2, 0) is 9.53 Å². The summed E-state index contributed by atoms with van der Waals surface area (Å²) in [6.07, 6.45) is 5.54. The van der Waals surface area contributed by atoms with Gasteiger partial charge in [0.25, 0.3) is 0 Å². The summed E-state index contributed by atoms with van der Waals surface area (Å²) in [5.41, 5.74) is 4.73. The van der Waals surface area contributed by atoms with Crippen LogP contribution in [-0.4, -0.2) is 31.7 Å². The number of hydrogen-bond acceptors (Lipinski definition) is 3. The van der Waals surface area contributed by atoms with Crippen molar-refractivity contribution in [2.75, 3.05) is 20.3 Å². The number of ether oxygens (including phenoxy) is 1. The van der Waals surface area contributed by atoms with Crippen molar-refractivity contribution in [3.8, 4) is 0 Å². The maximum Gasteiger partial charge on any atom is 0.237 e. The van der Waals surface area contributed by atoms with Gasteiger partial charge in [-0.25, -0.2) is 0 Å². The zero-order chi connectivity index (χ0) is 12.0. The first-order valence-electron chi connectivity index (χ1n) is 6.15. The Kier molecular flexibility index (Phi) is 5.22. The first-order valence-corrected chi connectivity index (χ1v) is 6.15. The molecule has 0 radical (unpaired) electrons. The van der Waals surface area contributed by atoms with Crippen molar-refractivity contribution in [1.82, 2.24) is 5.32 Å². The van der Waals surface area contributed by atoms with E-state index in [2.05, 4.69) is 5.32 Å². The number of nitrogens with two attached hydrogens (primary N) is 1. The lowest BCUT2D eigenvalue weighted by molar-refractivity contribution is -0.124. The van der Waals surface area contributed by atoms with E-state index in [-0.39, 0.29) is 5.91 Å². The van der Waals surface area contributed by atoms with Crippen LogP contribution < -0.4 is 11.1 Å². The summed E-state index contributed by atoms with van der Waals surface area (Å²) in [5, 5.41) is 2.97. The first-order chi connectivity index (χ1) is 7.58. The van der Waals surface area contributed by atoms with Crippen molar-refractivity contribution in [3.05, 3.63) is 0 Å². The van der Waals surface area contributed by atoms with Gasteiger partial charge in [-0.1, -0.05) is 12.8 Å². The quantitative estimate of drug-likeness (QED) is 0.580. The normalized spacial score (nSPS) is 19.4. The summed E-state index contributed by atoms with van der Waals surface area (Å²) in [6.45, 7) is 3.41. The molecule has 0 aromatic heterocycles. The smallest absolute Gasteiger partial charge is 0.237 e. The Morgan fingerprint density at radius 3 is 2.69 bits per heavy atom. The molecule has 16 heavy (non-hydrogen) atoms. The van der Waals surface area contributed by atoms with Gasteiger partial charge in [0.2, 0.25) is 5.91 Å². The largest absolute Gasteiger partial charge is 0.381 e. The van der Waals surface area contributed by atoms with Crippen LogP contribution in [0.3, 0.4) is 0 Å². The average Bonchev–Trinajstić information content (AvgIpc) is 3.06. The summed E-state index contributed by atoms with van der Waals surface area (Å²) in [6, 6.07) is 0. The van der Waals surface area contributed by atoms with Crippen LogP contribution in [0.4, 0.5) is 0 Å². The molecule has 0 aromatic rings. The Morgan fingerprint density at radius 2 is 2.19 bits per heavy atom. The van der Waals surface area contributed by atoms with E-state index in [1.165, 1.54) is 19.3 Å². The highest BCUT2D eigenvalue weighted by Crippen LogP contribution is 2.32. The van der Waals surface area contributed by atoms with Gasteiger partial charge in [0.15, 0.2) is 0 Å². The Morgan fingerprint density at radius 1 is 1.50 bits per heavy atom. The van der Waals surface area contributed by atoms with E-state index in [9.17, 15) is 4.79 Å². The average molecular weight is 228 g/mol. The Hall–Kier alpha value is -0.610. The first kappa shape index (κ1) is 13.5. The fraction of sp³-hybridized carbons (Fsp3) is 0.917. The monoisotopic (exact) mass is 228 g/mol. The van der Waals surface area contributed by atoms with Crippen molar-refractivity contribution in [2.45, 2.75) is 44.6 Å². The van der Waals surface area contributed by atoms with Crippen molar-refractivity contribution in [3.63, 3.8) is 0 Å². The molecule has 0 aromatic carbocycles. The fourth-order valence-electron chi connectivity index (χ4n) is 1.66. The van der Waals surface area contributed by atoms with Crippen LogP contribution in [0.25, 0.3) is 0 Å². The molecule has 0 spiro atoms. The molecule has 4 heteroatoms. The lowest BCUT2D eigenvalue weighted by atomic mass is 9.95. The third kappa shape index (κ3) is 4.49. The number of amides is 1. The molecule has 1 rings (SSSR count). The van der Waals surface area contributed by atoms with Crippen LogP contribution in [0.5, 0.6) is 0 Å². The number of nitrogens with one attached hydrogen (secondary N) is 1. The third-order valence-corrected chi connectivity index (χ3v) is 3.43. The van der Waals surface area contributed by atoms with E-state index in [1.807, 2.05) is 6.92 Å². The predicted octanol–water partition coefficient (Wildman–Crippen LogP) is 1.05. The van der Waals surface area contributed by atoms with Gasteiger partial charge in [0.1, 0.15) is 0 Å². The van der Waals surface area contributed by atoms with Crippen LogP contribution in [0, 0.1) is 5.92 Å². The number of primary amides is 1. The van der Waals surface area contributed by atoms with E-state index < -0.39 is 5.54 Å². The van der Waals surface area contributed by atoms with Gasteiger partial charge in [-0.15, -0.1) is 0 Å². The molecule has 1 aliphatic rings. The lowest BCUT2D eigenvalue weighted by Gasteiger charge is -2.25. The molecule has 1 atom stereocenters. The highest BCUT2D eigenvalue weighted by atomic mass is 16.5.